The monoisotopic (exact) mass is 190 g/mol. The molecule has 0 aromatic carbocycles. The lowest BCUT2D eigenvalue weighted by Gasteiger charge is -2.16. The van der Waals surface area contributed by atoms with Crippen LogP contribution in [-0.4, -0.2) is 39.6 Å². The van der Waals surface area contributed by atoms with Gasteiger partial charge in [-0.2, -0.15) is 0 Å². The molecule has 0 saturated carbocycles. The van der Waals surface area contributed by atoms with Crippen molar-refractivity contribution in [2.24, 2.45) is 0 Å². The van der Waals surface area contributed by atoms with E-state index >= 15 is 0 Å². The fourth-order valence-corrected chi connectivity index (χ4v) is 1.04. The van der Waals surface area contributed by atoms with Gasteiger partial charge in [0.1, 0.15) is 0 Å². The van der Waals surface area contributed by atoms with Gasteiger partial charge in [0.2, 0.25) is 0 Å². The first kappa shape index (κ1) is 12.9. The van der Waals surface area contributed by atoms with Crippen LogP contribution in [0, 0.1) is 0 Å². The molecule has 0 saturated heterocycles. The van der Waals surface area contributed by atoms with Crippen LogP contribution in [-0.2, 0) is 14.2 Å². The third-order valence-corrected chi connectivity index (χ3v) is 2.18. The lowest BCUT2D eigenvalue weighted by atomic mass is 10.3. The molecule has 80 valence electrons. The summed E-state index contributed by atoms with van der Waals surface area (Å²) in [6, 6.07) is 0. The molecule has 0 spiro atoms. The fraction of sp³-hybridized carbons (Fsp3) is 1.00. The summed E-state index contributed by atoms with van der Waals surface area (Å²) in [5, 5.41) is 0. The minimum absolute atomic E-state index is 0.217. The summed E-state index contributed by atoms with van der Waals surface area (Å²) in [5.74, 6) is 0. The summed E-state index contributed by atoms with van der Waals surface area (Å²) in [6.45, 7) is 5.50. The summed E-state index contributed by atoms with van der Waals surface area (Å²) < 4.78 is 15.8. The predicted molar refractivity (Wildman–Crippen MR) is 53.0 cm³/mol. The second-order valence-electron chi connectivity index (χ2n) is 3.07. The number of ether oxygens (including phenoxy) is 3. The molecule has 0 N–H and O–H groups in total. The summed E-state index contributed by atoms with van der Waals surface area (Å²) in [6.07, 6.45) is 2.41. The van der Waals surface area contributed by atoms with Gasteiger partial charge in [-0.1, -0.05) is 13.8 Å². The number of hydrogen-bond acceptors (Lipinski definition) is 3. The van der Waals surface area contributed by atoms with Crippen molar-refractivity contribution in [3.63, 3.8) is 0 Å². The van der Waals surface area contributed by atoms with Gasteiger partial charge in [0.05, 0.1) is 25.4 Å². The Bertz CT molecular complexity index is 86.3. The zero-order valence-corrected chi connectivity index (χ0v) is 9.21. The molecule has 0 bridgehead atoms. The molecule has 0 heterocycles. The smallest absolute Gasteiger partial charge is 0.0802 e. The van der Waals surface area contributed by atoms with Crippen LogP contribution in [0.2, 0.25) is 0 Å². The minimum Gasteiger partial charge on any atom is -0.379 e. The highest BCUT2D eigenvalue weighted by Crippen LogP contribution is 2.00. The molecular formula is C10H22O3. The standard InChI is InChI=1S/C10H22O3/c1-5-9(11-3)7-13-8-10(6-2)12-4/h9-10H,5-8H2,1-4H3. The maximum absolute atomic E-state index is 5.47. The van der Waals surface area contributed by atoms with Gasteiger partial charge in [0, 0.05) is 14.2 Å². The normalized spacial score (nSPS) is 15.7. The molecule has 0 aliphatic rings. The summed E-state index contributed by atoms with van der Waals surface area (Å²) in [7, 11) is 3.43. The van der Waals surface area contributed by atoms with E-state index < -0.39 is 0 Å². The van der Waals surface area contributed by atoms with Gasteiger partial charge in [0.25, 0.3) is 0 Å². The lowest BCUT2D eigenvalue weighted by Crippen LogP contribution is -2.23. The third kappa shape index (κ3) is 6.02. The molecule has 2 unspecified atom stereocenters. The van der Waals surface area contributed by atoms with Crippen LogP contribution in [0.5, 0.6) is 0 Å². The fourth-order valence-electron chi connectivity index (χ4n) is 1.04. The highest BCUT2D eigenvalue weighted by molar-refractivity contribution is 4.55. The van der Waals surface area contributed by atoms with Crippen LogP contribution in [0.4, 0.5) is 0 Å². The van der Waals surface area contributed by atoms with E-state index in [4.69, 9.17) is 14.2 Å². The molecule has 0 aromatic heterocycles. The van der Waals surface area contributed by atoms with Crippen LogP contribution in [0.25, 0.3) is 0 Å². The van der Waals surface area contributed by atoms with Gasteiger partial charge < -0.3 is 14.2 Å². The van der Waals surface area contributed by atoms with Gasteiger partial charge in [-0.05, 0) is 12.8 Å². The van der Waals surface area contributed by atoms with E-state index in [0.717, 1.165) is 12.8 Å². The number of methoxy groups -OCH3 is 2. The Morgan fingerprint density at radius 1 is 0.846 bits per heavy atom. The third-order valence-electron chi connectivity index (χ3n) is 2.18. The van der Waals surface area contributed by atoms with E-state index in [-0.39, 0.29) is 12.2 Å². The Kier molecular flexibility index (Phi) is 8.40. The second kappa shape index (κ2) is 8.48. The Morgan fingerprint density at radius 3 is 1.46 bits per heavy atom. The van der Waals surface area contributed by atoms with Gasteiger partial charge in [-0.25, -0.2) is 0 Å². The van der Waals surface area contributed by atoms with E-state index in [2.05, 4.69) is 13.8 Å². The van der Waals surface area contributed by atoms with Crippen molar-refractivity contribution in [1.29, 1.82) is 0 Å². The van der Waals surface area contributed by atoms with Gasteiger partial charge >= 0.3 is 0 Å². The van der Waals surface area contributed by atoms with Crippen LogP contribution in [0.3, 0.4) is 0 Å². The predicted octanol–water partition coefficient (Wildman–Crippen LogP) is 1.85. The first-order valence-corrected chi connectivity index (χ1v) is 4.91. The summed E-state index contributed by atoms with van der Waals surface area (Å²) in [4.78, 5) is 0. The molecule has 0 radical (unpaired) electrons. The molecule has 0 fully saturated rings. The van der Waals surface area contributed by atoms with Crippen LogP contribution < -0.4 is 0 Å². The van der Waals surface area contributed by atoms with Crippen molar-refractivity contribution in [2.75, 3.05) is 27.4 Å². The van der Waals surface area contributed by atoms with Gasteiger partial charge in [0.15, 0.2) is 0 Å². The minimum atomic E-state index is 0.217. The van der Waals surface area contributed by atoms with Crippen LogP contribution >= 0.6 is 0 Å². The van der Waals surface area contributed by atoms with E-state index in [1.165, 1.54) is 0 Å². The maximum Gasteiger partial charge on any atom is 0.0802 e. The Balaban J connectivity index is 3.41. The topological polar surface area (TPSA) is 27.7 Å². The van der Waals surface area contributed by atoms with E-state index in [1.807, 2.05) is 0 Å². The number of rotatable bonds is 8. The average Bonchev–Trinajstić information content (AvgIpc) is 2.19. The Hall–Kier alpha value is -0.120. The van der Waals surface area contributed by atoms with Crippen molar-refractivity contribution < 1.29 is 14.2 Å². The molecule has 0 aliphatic heterocycles. The zero-order valence-electron chi connectivity index (χ0n) is 9.21. The zero-order chi connectivity index (χ0) is 10.1. The van der Waals surface area contributed by atoms with Crippen molar-refractivity contribution in [2.45, 2.75) is 38.9 Å². The van der Waals surface area contributed by atoms with Gasteiger partial charge in [-0.15, -0.1) is 0 Å². The first-order chi connectivity index (χ1) is 6.28. The highest BCUT2D eigenvalue weighted by atomic mass is 16.5. The Labute approximate surface area is 81.4 Å². The Morgan fingerprint density at radius 2 is 1.23 bits per heavy atom. The molecule has 0 rings (SSSR count). The van der Waals surface area contributed by atoms with E-state index in [1.54, 1.807) is 14.2 Å². The van der Waals surface area contributed by atoms with Crippen LogP contribution in [0.15, 0.2) is 0 Å². The highest BCUT2D eigenvalue weighted by Gasteiger charge is 2.07. The second-order valence-corrected chi connectivity index (χ2v) is 3.07. The average molecular weight is 190 g/mol. The quantitative estimate of drug-likeness (QED) is 0.584. The van der Waals surface area contributed by atoms with E-state index in [0.29, 0.717) is 13.2 Å². The first-order valence-electron chi connectivity index (χ1n) is 4.91. The molecule has 2 atom stereocenters. The van der Waals surface area contributed by atoms with Crippen molar-refractivity contribution in [1.82, 2.24) is 0 Å². The molecule has 3 nitrogen and oxygen atoms in total. The number of hydrogen-bond donors (Lipinski definition) is 0. The maximum atomic E-state index is 5.47. The summed E-state index contributed by atoms with van der Waals surface area (Å²) in [5.41, 5.74) is 0. The summed E-state index contributed by atoms with van der Waals surface area (Å²) >= 11 is 0. The van der Waals surface area contributed by atoms with Gasteiger partial charge in [-0.3, -0.25) is 0 Å². The SMILES string of the molecule is CCC(COCC(CC)OC)OC. The molecule has 0 aromatic rings. The molecule has 0 amide bonds. The largest absolute Gasteiger partial charge is 0.379 e. The molecule has 0 aliphatic carbocycles. The molecule has 3 heteroatoms. The van der Waals surface area contributed by atoms with Crippen molar-refractivity contribution in [3.8, 4) is 0 Å². The van der Waals surface area contributed by atoms with E-state index in [9.17, 15) is 0 Å². The lowest BCUT2D eigenvalue weighted by molar-refractivity contribution is -0.0362. The van der Waals surface area contributed by atoms with Crippen LogP contribution in [0.1, 0.15) is 26.7 Å². The molecular weight excluding hydrogens is 168 g/mol. The van der Waals surface area contributed by atoms with Crippen molar-refractivity contribution >= 4 is 0 Å². The molecule has 13 heavy (non-hydrogen) atoms. The van der Waals surface area contributed by atoms with Crippen molar-refractivity contribution in [3.05, 3.63) is 0 Å².